The molecule has 1 aliphatic heterocycles. The van der Waals surface area contributed by atoms with Crippen molar-refractivity contribution in [3.63, 3.8) is 0 Å². The van der Waals surface area contributed by atoms with Gasteiger partial charge in [0.1, 0.15) is 5.75 Å². The molecule has 0 aromatic heterocycles. The van der Waals surface area contributed by atoms with Gasteiger partial charge >= 0.3 is 0 Å². The van der Waals surface area contributed by atoms with Gasteiger partial charge in [-0.3, -0.25) is 14.6 Å². The number of rotatable bonds is 8. The molecule has 0 aliphatic carbocycles. The Morgan fingerprint density at radius 1 is 1.19 bits per heavy atom. The van der Waals surface area contributed by atoms with Crippen molar-refractivity contribution in [3.05, 3.63) is 76.9 Å². The Morgan fingerprint density at radius 3 is 2.53 bits per heavy atom. The maximum atomic E-state index is 12.3. The largest absolute Gasteiger partial charge is 0.508 e. The zero-order chi connectivity index (χ0) is 23.4. The summed E-state index contributed by atoms with van der Waals surface area (Å²) in [5, 5.41) is 10.3. The molecule has 2 aromatic carbocycles. The molecule has 1 saturated heterocycles. The van der Waals surface area contributed by atoms with Crippen molar-refractivity contribution in [2.45, 2.75) is 58.7 Å². The number of carbonyl (C=O) groups is 1. The van der Waals surface area contributed by atoms with E-state index in [1.165, 1.54) is 5.56 Å². The minimum Gasteiger partial charge on any atom is -0.508 e. The maximum Gasteiger partial charge on any atom is 0.248 e. The Balaban J connectivity index is 2.23. The van der Waals surface area contributed by atoms with Gasteiger partial charge in [0.2, 0.25) is 5.91 Å². The summed E-state index contributed by atoms with van der Waals surface area (Å²) in [6, 6.07) is 12.0. The SMILES string of the molecule is C=CCN1C[C@H](C)N([C@H](c2cccc(O)c2)c2c(CC)ccc(C(N)=O)c2CC)C[C@H]1C. The molecule has 2 aromatic rings. The van der Waals surface area contributed by atoms with Gasteiger partial charge in [0.25, 0.3) is 0 Å². The van der Waals surface area contributed by atoms with Crippen LogP contribution in [0, 0.1) is 0 Å². The molecule has 5 nitrogen and oxygen atoms in total. The van der Waals surface area contributed by atoms with E-state index in [-0.39, 0.29) is 17.8 Å². The van der Waals surface area contributed by atoms with Crippen LogP contribution in [0.15, 0.2) is 49.1 Å². The number of benzene rings is 2. The van der Waals surface area contributed by atoms with Crippen LogP contribution in [0.1, 0.15) is 66.3 Å². The third-order valence-electron chi connectivity index (χ3n) is 6.77. The lowest BCUT2D eigenvalue weighted by Crippen LogP contribution is -2.57. The molecule has 5 heteroatoms. The first-order chi connectivity index (χ1) is 15.3. The maximum absolute atomic E-state index is 12.3. The fourth-order valence-corrected chi connectivity index (χ4v) is 5.20. The highest BCUT2D eigenvalue weighted by Gasteiger charge is 2.36. The normalized spacial score (nSPS) is 20.8. The van der Waals surface area contributed by atoms with E-state index in [2.05, 4.69) is 50.1 Å². The van der Waals surface area contributed by atoms with Crippen LogP contribution in [-0.4, -0.2) is 52.5 Å². The summed E-state index contributed by atoms with van der Waals surface area (Å²) < 4.78 is 0. The number of hydrogen-bond donors (Lipinski definition) is 2. The van der Waals surface area contributed by atoms with E-state index in [9.17, 15) is 9.90 Å². The lowest BCUT2D eigenvalue weighted by molar-refractivity contribution is 0.0302. The number of phenols is 1. The summed E-state index contributed by atoms with van der Waals surface area (Å²) in [7, 11) is 0. The van der Waals surface area contributed by atoms with Crippen LogP contribution < -0.4 is 5.73 Å². The van der Waals surface area contributed by atoms with Gasteiger partial charge in [0.15, 0.2) is 0 Å². The molecular weight excluding hydrogens is 398 g/mol. The van der Waals surface area contributed by atoms with Crippen molar-refractivity contribution in [1.82, 2.24) is 9.80 Å². The number of piperazine rings is 1. The number of primary amides is 1. The fraction of sp³-hybridized carbons (Fsp3) is 0.444. The van der Waals surface area contributed by atoms with Crippen LogP contribution in [0.25, 0.3) is 0 Å². The van der Waals surface area contributed by atoms with Crippen molar-refractivity contribution in [3.8, 4) is 5.75 Å². The standard InChI is InChI=1S/C27H37N3O2/c1-6-14-29-16-19(5)30(17-18(29)4)26(21-10-9-11-22(31)15-21)25-20(7-2)12-13-24(27(28)32)23(25)8-3/h6,9-13,15,18-19,26,31H,1,7-8,14,16-17H2,2-5H3,(H2,28,32)/t18-,19+,26-/m1/s1. The van der Waals surface area contributed by atoms with Gasteiger partial charge in [-0.2, -0.15) is 0 Å². The quantitative estimate of drug-likeness (QED) is 0.607. The first kappa shape index (κ1) is 24.0. The Bertz CT molecular complexity index is 971. The van der Waals surface area contributed by atoms with Crippen LogP contribution in [0.2, 0.25) is 0 Å². The molecule has 0 unspecified atom stereocenters. The third-order valence-corrected chi connectivity index (χ3v) is 6.77. The molecule has 32 heavy (non-hydrogen) atoms. The smallest absolute Gasteiger partial charge is 0.248 e. The van der Waals surface area contributed by atoms with E-state index in [1.807, 2.05) is 30.3 Å². The summed E-state index contributed by atoms with van der Waals surface area (Å²) in [5.74, 6) is -0.140. The number of carbonyl (C=O) groups excluding carboxylic acids is 1. The summed E-state index contributed by atoms with van der Waals surface area (Å²) in [6.45, 7) is 15.3. The highest BCUT2D eigenvalue weighted by Crippen LogP contribution is 2.39. The van der Waals surface area contributed by atoms with Crippen molar-refractivity contribution in [2.75, 3.05) is 19.6 Å². The number of hydrogen-bond acceptors (Lipinski definition) is 4. The lowest BCUT2D eigenvalue weighted by atomic mass is 9.83. The minimum atomic E-state index is -0.391. The summed E-state index contributed by atoms with van der Waals surface area (Å²) in [4.78, 5) is 17.3. The molecule has 3 atom stereocenters. The van der Waals surface area contributed by atoms with Gasteiger partial charge in [-0.1, -0.05) is 38.1 Å². The molecule has 0 saturated carbocycles. The van der Waals surface area contributed by atoms with Crippen LogP contribution in [-0.2, 0) is 12.8 Å². The molecule has 1 amide bonds. The summed E-state index contributed by atoms with van der Waals surface area (Å²) >= 11 is 0. The Kier molecular flexibility index (Phi) is 7.75. The Labute approximate surface area is 192 Å². The summed E-state index contributed by atoms with van der Waals surface area (Å²) in [5.41, 5.74) is 10.8. The van der Waals surface area contributed by atoms with Crippen LogP contribution >= 0.6 is 0 Å². The summed E-state index contributed by atoms with van der Waals surface area (Å²) in [6.07, 6.45) is 3.54. The number of nitrogens with zero attached hydrogens (tertiary/aromatic N) is 2. The van der Waals surface area contributed by atoms with Gasteiger partial charge in [-0.05, 0) is 67.1 Å². The van der Waals surface area contributed by atoms with Crippen molar-refractivity contribution >= 4 is 5.91 Å². The van der Waals surface area contributed by atoms with E-state index < -0.39 is 5.91 Å². The van der Waals surface area contributed by atoms with Gasteiger partial charge in [-0.25, -0.2) is 0 Å². The molecule has 0 bridgehead atoms. The predicted molar refractivity (Wildman–Crippen MR) is 131 cm³/mol. The first-order valence-electron chi connectivity index (χ1n) is 11.7. The zero-order valence-corrected chi connectivity index (χ0v) is 19.8. The van der Waals surface area contributed by atoms with Crippen LogP contribution in [0.4, 0.5) is 0 Å². The first-order valence-corrected chi connectivity index (χ1v) is 11.7. The number of amides is 1. The van der Waals surface area contributed by atoms with Crippen LogP contribution in [0.3, 0.4) is 0 Å². The molecule has 1 fully saturated rings. The second kappa shape index (κ2) is 10.3. The average Bonchev–Trinajstić information content (AvgIpc) is 2.76. The molecule has 172 valence electrons. The predicted octanol–water partition coefficient (Wildman–Crippen LogP) is 4.29. The monoisotopic (exact) mass is 435 g/mol. The molecule has 1 aliphatic rings. The highest BCUT2D eigenvalue weighted by atomic mass is 16.3. The van der Waals surface area contributed by atoms with Gasteiger partial charge in [0.05, 0.1) is 6.04 Å². The van der Waals surface area contributed by atoms with Gasteiger partial charge < -0.3 is 10.8 Å². The van der Waals surface area contributed by atoms with E-state index in [4.69, 9.17) is 5.73 Å². The molecule has 3 N–H and O–H groups in total. The Morgan fingerprint density at radius 2 is 1.94 bits per heavy atom. The number of aromatic hydroxyl groups is 1. The van der Waals surface area contributed by atoms with E-state index in [0.717, 1.165) is 49.2 Å². The average molecular weight is 436 g/mol. The molecule has 0 radical (unpaired) electrons. The van der Waals surface area contributed by atoms with Crippen molar-refractivity contribution in [2.24, 2.45) is 5.73 Å². The van der Waals surface area contributed by atoms with Crippen molar-refractivity contribution < 1.29 is 9.90 Å². The molecular formula is C27H37N3O2. The second-order valence-corrected chi connectivity index (χ2v) is 8.87. The lowest BCUT2D eigenvalue weighted by Gasteiger charge is -2.48. The molecule has 1 heterocycles. The highest BCUT2D eigenvalue weighted by molar-refractivity contribution is 5.95. The van der Waals surface area contributed by atoms with Gasteiger partial charge in [-0.15, -0.1) is 6.58 Å². The van der Waals surface area contributed by atoms with Gasteiger partial charge in [0, 0.05) is 37.3 Å². The van der Waals surface area contributed by atoms with E-state index in [0.29, 0.717) is 11.6 Å². The Hall–Kier alpha value is -2.63. The number of aryl methyl sites for hydroxylation is 1. The molecule has 0 spiro atoms. The number of phenolic OH excluding ortho intramolecular Hbond substituents is 1. The number of nitrogens with two attached hydrogens (primary N) is 1. The van der Waals surface area contributed by atoms with Crippen molar-refractivity contribution in [1.29, 1.82) is 0 Å². The second-order valence-electron chi connectivity index (χ2n) is 8.87. The fourth-order valence-electron chi connectivity index (χ4n) is 5.20. The zero-order valence-electron chi connectivity index (χ0n) is 19.8. The van der Waals surface area contributed by atoms with E-state index in [1.54, 1.807) is 6.07 Å². The third kappa shape index (κ3) is 4.74. The molecule has 3 rings (SSSR count). The van der Waals surface area contributed by atoms with Crippen LogP contribution in [0.5, 0.6) is 5.75 Å². The van der Waals surface area contributed by atoms with E-state index >= 15 is 0 Å². The topological polar surface area (TPSA) is 69.8 Å². The minimum absolute atomic E-state index is 0.0744.